The minimum absolute atomic E-state index is 0.0231. The normalized spacial score (nSPS) is 16.6. The molecular formula is C19H23N5O4. The Kier molecular flexibility index (Phi) is 5.14. The average molecular weight is 385 g/mol. The maximum Gasteiger partial charge on any atom is 0.319 e. The van der Waals surface area contributed by atoms with Crippen LogP contribution >= 0.6 is 0 Å². The molecule has 1 aromatic carbocycles. The monoisotopic (exact) mass is 385 g/mol. The van der Waals surface area contributed by atoms with Gasteiger partial charge in [-0.25, -0.2) is 4.79 Å². The highest BCUT2D eigenvalue weighted by Gasteiger charge is 2.23. The van der Waals surface area contributed by atoms with Gasteiger partial charge in [0.1, 0.15) is 5.75 Å². The predicted molar refractivity (Wildman–Crippen MR) is 102 cm³/mol. The van der Waals surface area contributed by atoms with Crippen molar-refractivity contribution in [1.29, 1.82) is 0 Å². The maximum absolute atomic E-state index is 12.1. The Morgan fingerprint density at radius 3 is 2.96 bits per heavy atom. The predicted octanol–water partition coefficient (Wildman–Crippen LogP) is 2.45. The van der Waals surface area contributed by atoms with Crippen LogP contribution in [0.2, 0.25) is 0 Å². The van der Waals surface area contributed by atoms with E-state index in [1.54, 1.807) is 25.2 Å². The standard InChI is InChI=1S/C19H23N5O4/c1-24-14-10-13(6-7-15(14)27-11-17(24)25)21-19(26)20-9-8-16-22-18(28-23-16)12-4-2-3-5-12/h6-7,10,12H,2-5,8-9,11H2,1H3,(H2,20,21,26). The van der Waals surface area contributed by atoms with Crippen LogP contribution in [-0.2, 0) is 11.2 Å². The molecule has 0 radical (unpaired) electrons. The van der Waals surface area contributed by atoms with E-state index < -0.39 is 0 Å². The largest absolute Gasteiger partial charge is 0.482 e. The Bertz CT molecular complexity index is 875. The number of benzene rings is 1. The number of carbonyl (C=O) groups is 2. The van der Waals surface area contributed by atoms with Gasteiger partial charge in [-0.05, 0) is 31.0 Å². The molecule has 1 aliphatic carbocycles. The number of fused-ring (bicyclic) bond motifs is 1. The smallest absolute Gasteiger partial charge is 0.319 e. The van der Waals surface area contributed by atoms with Gasteiger partial charge in [0.15, 0.2) is 12.4 Å². The molecule has 3 amide bonds. The van der Waals surface area contributed by atoms with Gasteiger partial charge in [-0.2, -0.15) is 4.98 Å². The molecule has 9 heteroatoms. The Morgan fingerprint density at radius 2 is 2.14 bits per heavy atom. The van der Waals surface area contributed by atoms with E-state index in [0.717, 1.165) is 12.8 Å². The first kappa shape index (κ1) is 18.3. The fourth-order valence-electron chi connectivity index (χ4n) is 3.52. The number of likely N-dealkylation sites (N-methyl/N-ethyl adjacent to an activating group) is 1. The number of nitrogens with one attached hydrogen (secondary N) is 2. The summed E-state index contributed by atoms with van der Waals surface area (Å²) in [7, 11) is 1.68. The van der Waals surface area contributed by atoms with Crippen LogP contribution in [0.5, 0.6) is 5.75 Å². The van der Waals surface area contributed by atoms with E-state index in [1.807, 2.05) is 0 Å². The highest BCUT2D eigenvalue weighted by Crippen LogP contribution is 2.34. The zero-order valence-corrected chi connectivity index (χ0v) is 15.7. The van der Waals surface area contributed by atoms with E-state index in [4.69, 9.17) is 9.26 Å². The molecule has 1 fully saturated rings. The molecule has 0 spiro atoms. The van der Waals surface area contributed by atoms with E-state index in [-0.39, 0.29) is 18.5 Å². The summed E-state index contributed by atoms with van der Waals surface area (Å²) in [5, 5.41) is 9.53. The first-order valence-electron chi connectivity index (χ1n) is 9.51. The number of aromatic nitrogens is 2. The van der Waals surface area contributed by atoms with Crippen molar-refractivity contribution >= 4 is 23.3 Å². The maximum atomic E-state index is 12.1. The van der Waals surface area contributed by atoms with Gasteiger partial charge in [-0.3, -0.25) is 4.79 Å². The Labute approximate surface area is 162 Å². The molecule has 0 unspecified atom stereocenters. The molecule has 1 aliphatic heterocycles. The molecule has 0 saturated heterocycles. The van der Waals surface area contributed by atoms with E-state index in [2.05, 4.69) is 20.8 Å². The van der Waals surface area contributed by atoms with Crippen molar-refractivity contribution in [3.63, 3.8) is 0 Å². The second-order valence-electron chi connectivity index (χ2n) is 7.09. The van der Waals surface area contributed by atoms with Crippen molar-refractivity contribution in [3.05, 3.63) is 29.9 Å². The number of anilines is 2. The van der Waals surface area contributed by atoms with E-state index in [0.29, 0.717) is 47.7 Å². The van der Waals surface area contributed by atoms with E-state index in [9.17, 15) is 9.59 Å². The van der Waals surface area contributed by atoms with Gasteiger partial charge in [0, 0.05) is 31.6 Å². The Morgan fingerprint density at radius 1 is 1.32 bits per heavy atom. The number of amides is 3. The van der Waals surface area contributed by atoms with Crippen LogP contribution in [0.15, 0.2) is 22.7 Å². The van der Waals surface area contributed by atoms with Gasteiger partial charge in [-0.1, -0.05) is 18.0 Å². The van der Waals surface area contributed by atoms with Gasteiger partial charge in [0.25, 0.3) is 5.91 Å². The lowest BCUT2D eigenvalue weighted by Crippen LogP contribution is -2.35. The lowest BCUT2D eigenvalue weighted by atomic mass is 10.1. The molecule has 1 saturated carbocycles. The van der Waals surface area contributed by atoms with Crippen LogP contribution in [0.4, 0.5) is 16.2 Å². The molecule has 2 aliphatic rings. The quantitative estimate of drug-likeness (QED) is 0.818. The molecule has 148 valence electrons. The van der Waals surface area contributed by atoms with Crippen LogP contribution in [-0.4, -0.2) is 42.3 Å². The number of hydrogen-bond donors (Lipinski definition) is 2. The molecule has 4 rings (SSSR count). The summed E-state index contributed by atoms with van der Waals surface area (Å²) in [5.74, 6) is 2.19. The first-order chi connectivity index (χ1) is 13.6. The highest BCUT2D eigenvalue weighted by molar-refractivity contribution is 5.99. The lowest BCUT2D eigenvalue weighted by molar-refractivity contribution is -0.120. The van der Waals surface area contributed by atoms with Crippen molar-refractivity contribution in [1.82, 2.24) is 15.5 Å². The zero-order chi connectivity index (χ0) is 19.5. The van der Waals surface area contributed by atoms with Gasteiger partial charge in [-0.15, -0.1) is 0 Å². The topological polar surface area (TPSA) is 110 Å². The van der Waals surface area contributed by atoms with Crippen LogP contribution in [0.1, 0.15) is 43.3 Å². The number of rotatable bonds is 5. The summed E-state index contributed by atoms with van der Waals surface area (Å²) in [5.41, 5.74) is 1.20. The minimum Gasteiger partial charge on any atom is -0.482 e. The van der Waals surface area contributed by atoms with Crippen LogP contribution in [0.25, 0.3) is 0 Å². The molecule has 28 heavy (non-hydrogen) atoms. The fraction of sp³-hybridized carbons (Fsp3) is 0.474. The second kappa shape index (κ2) is 7.87. The zero-order valence-electron chi connectivity index (χ0n) is 15.7. The first-order valence-corrected chi connectivity index (χ1v) is 9.51. The molecule has 2 aromatic rings. The lowest BCUT2D eigenvalue weighted by Gasteiger charge is -2.26. The third kappa shape index (κ3) is 3.92. The van der Waals surface area contributed by atoms with Gasteiger partial charge in [0.2, 0.25) is 5.89 Å². The van der Waals surface area contributed by atoms with Crippen molar-refractivity contribution in [2.45, 2.75) is 38.0 Å². The molecule has 9 nitrogen and oxygen atoms in total. The van der Waals surface area contributed by atoms with Crippen LogP contribution in [0, 0.1) is 0 Å². The molecule has 2 heterocycles. The molecular weight excluding hydrogens is 362 g/mol. The number of carbonyl (C=O) groups excluding carboxylic acids is 2. The average Bonchev–Trinajstić information content (AvgIpc) is 3.37. The SMILES string of the molecule is CN1C(=O)COc2ccc(NC(=O)NCCc3noc(C4CCCC4)n3)cc21. The number of hydrogen-bond acceptors (Lipinski definition) is 6. The van der Waals surface area contributed by atoms with Gasteiger partial charge in [0.05, 0.1) is 5.69 Å². The van der Waals surface area contributed by atoms with E-state index in [1.165, 1.54) is 17.7 Å². The number of nitrogens with zero attached hydrogens (tertiary/aromatic N) is 3. The Hall–Kier alpha value is -3.10. The summed E-state index contributed by atoms with van der Waals surface area (Å²) >= 11 is 0. The van der Waals surface area contributed by atoms with Crippen molar-refractivity contribution in [2.24, 2.45) is 0 Å². The Balaban J connectivity index is 1.27. The summed E-state index contributed by atoms with van der Waals surface area (Å²) < 4.78 is 10.7. The molecule has 0 bridgehead atoms. The summed E-state index contributed by atoms with van der Waals surface area (Å²) in [6.45, 7) is 0.414. The summed E-state index contributed by atoms with van der Waals surface area (Å²) in [4.78, 5) is 29.8. The molecule has 1 aromatic heterocycles. The molecule has 0 atom stereocenters. The number of urea groups is 1. The highest BCUT2D eigenvalue weighted by atomic mass is 16.5. The summed E-state index contributed by atoms with van der Waals surface area (Å²) in [6, 6.07) is 4.83. The summed E-state index contributed by atoms with van der Waals surface area (Å²) in [6.07, 6.45) is 5.13. The van der Waals surface area contributed by atoms with Crippen LogP contribution in [0.3, 0.4) is 0 Å². The number of ether oxygens (including phenoxy) is 1. The third-order valence-corrected chi connectivity index (χ3v) is 5.13. The second-order valence-corrected chi connectivity index (χ2v) is 7.09. The van der Waals surface area contributed by atoms with Crippen LogP contribution < -0.4 is 20.3 Å². The van der Waals surface area contributed by atoms with Gasteiger partial charge < -0.3 is 24.8 Å². The molecule has 2 N–H and O–H groups in total. The van der Waals surface area contributed by atoms with Gasteiger partial charge >= 0.3 is 6.03 Å². The van der Waals surface area contributed by atoms with Crippen molar-refractivity contribution < 1.29 is 18.8 Å². The van der Waals surface area contributed by atoms with Crippen molar-refractivity contribution in [2.75, 3.05) is 30.4 Å². The fourth-order valence-corrected chi connectivity index (χ4v) is 3.52. The minimum atomic E-state index is -0.342. The van der Waals surface area contributed by atoms with E-state index >= 15 is 0 Å². The van der Waals surface area contributed by atoms with Crippen molar-refractivity contribution in [3.8, 4) is 5.75 Å². The third-order valence-electron chi connectivity index (χ3n) is 5.13.